The number of thiocarbonyl (C=S) groups is 1. The molecule has 1 saturated carbocycles. The Labute approximate surface area is 123 Å². The molecule has 20 heavy (non-hydrogen) atoms. The van der Waals surface area contributed by atoms with Gasteiger partial charge in [-0.15, -0.1) is 0 Å². The molecule has 2 rings (SSSR count). The molecule has 0 atom stereocenters. The van der Waals surface area contributed by atoms with Gasteiger partial charge in [-0.25, -0.2) is 4.39 Å². The highest BCUT2D eigenvalue weighted by atomic mass is 32.1. The lowest BCUT2D eigenvalue weighted by atomic mass is 10.1. The SMILES string of the molecule is Cc1ccc(C(=O)NNC(=S)NC2CCCC2)cc1F. The highest BCUT2D eigenvalue weighted by molar-refractivity contribution is 7.80. The lowest BCUT2D eigenvalue weighted by Crippen LogP contribution is -2.49. The van der Waals surface area contributed by atoms with Crippen LogP contribution in [0.3, 0.4) is 0 Å². The van der Waals surface area contributed by atoms with Crippen LogP contribution in [0.1, 0.15) is 41.6 Å². The van der Waals surface area contributed by atoms with Gasteiger partial charge in [0.15, 0.2) is 5.11 Å². The summed E-state index contributed by atoms with van der Waals surface area (Å²) < 4.78 is 13.4. The summed E-state index contributed by atoms with van der Waals surface area (Å²) in [7, 11) is 0. The largest absolute Gasteiger partial charge is 0.359 e. The minimum absolute atomic E-state index is 0.254. The first-order chi connectivity index (χ1) is 9.56. The monoisotopic (exact) mass is 295 g/mol. The van der Waals surface area contributed by atoms with Crippen molar-refractivity contribution >= 4 is 23.2 Å². The number of aryl methyl sites for hydroxylation is 1. The number of rotatable bonds is 2. The van der Waals surface area contributed by atoms with Crippen LogP contribution in [0.4, 0.5) is 4.39 Å². The summed E-state index contributed by atoms with van der Waals surface area (Å²) in [6, 6.07) is 4.73. The molecule has 1 aliphatic carbocycles. The Morgan fingerprint density at radius 2 is 2.00 bits per heavy atom. The van der Waals surface area contributed by atoms with Crippen molar-refractivity contribution < 1.29 is 9.18 Å². The molecule has 0 radical (unpaired) electrons. The molecule has 1 amide bonds. The van der Waals surface area contributed by atoms with Crippen molar-refractivity contribution in [2.75, 3.05) is 0 Å². The summed E-state index contributed by atoms with van der Waals surface area (Å²) in [5, 5.41) is 3.52. The van der Waals surface area contributed by atoms with Crippen LogP contribution in [0.5, 0.6) is 0 Å². The van der Waals surface area contributed by atoms with Gasteiger partial charge in [-0.1, -0.05) is 18.9 Å². The predicted octanol–water partition coefficient (Wildman–Crippen LogP) is 2.19. The van der Waals surface area contributed by atoms with Gasteiger partial charge in [0.1, 0.15) is 5.82 Å². The third-order valence-corrected chi connectivity index (χ3v) is 3.63. The molecule has 0 bridgehead atoms. The zero-order valence-corrected chi connectivity index (χ0v) is 12.1. The van der Waals surface area contributed by atoms with E-state index in [2.05, 4.69) is 16.2 Å². The first kappa shape index (κ1) is 14.7. The third-order valence-electron chi connectivity index (χ3n) is 3.41. The van der Waals surface area contributed by atoms with Gasteiger partial charge in [-0.2, -0.15) is 0 Å². The number of hydrogen-bond acceptors (Lipinski definition) is 2. The van der Waals surface area contributed by atoms with E-state index in [1.54, 1.807) is 19.1 Å². The molecule has 6 heteroatoms. The molecule has 3 N–H and O–H groups in total. The number of benzene rings is 1. The van der Waals surface area contributed by atoms with E-state index in [9.17, 15) is 9.18 Å². The van der Waals surface area contributed by atoms with E-state index < -0.39 is 11.7 Å². The molecule has 0 saturated heterocycles. The van der Waals surface area contributed by atoms with Gasteiger partial charge < -0.3 is 5.32 Å². The molecule has 0 aromatic heterocycles. The summed E-state index contributed by atoms with van der Waals surface area (Å²) >= 11 is 5.09. The van der Waals surface area contributed by atoms with Crippen LogP contribution >= 0.6 is 12.2 Å². The van der Waals surface area contributed by atoms with Crippen molar-refractivity contribution in [3.63, 3.8) is 0 Å². The summed E-state index contributed by atoms with van der Waals surface area (Å²) in [6.45, 7) is 1.65. The standard InChI is InChI=1S/C14H18FN3OS/c1-9-6-7-10(8-12(9)15)13(19)17-18-14(20)16-11-4-2-3-5-11/h6-8,11H,2-5H2,1H3,(H,17,19)(H2,16,18,20). The zero-order chi connectivity index (χ0) is 14.5. The maximum absolute atomic E-state index is 13.4. The van der Waals surface area contributed by atoms with E-state index in [4.69, 9.17) is 12.2 Å². The van der Waals surface area contributed by atoms with Crippen LogP contribution in [-0.2, 0) is 0 Å². The summed E-state index contributed by atoms with van der Waals surface area (Å²) in [5.41, 5.74) is 5.86. The van der Waals surface area contributed by atoms with Crippen LogP contribution in [0, 0.1) is 12.7 Å². The smallest absolute Gasteiger partial charge is 0.269 e. The molecule has 1 aromatic carbocycles. The summed E-state index contributed by atoms with van der Waals surface area (Å²) in [6.07, 6.45) is 4.60. The average Bonchev–Trinajstić information content (AvgIpc) is 2.92. The molecule has 1 fully saturated rings. The number of hydrazine groups is 1. The predicted molar refractivity (Wildman–Crippen MR) is 79.7 cm³/mol. The van der Waals surface area contributed by atoms with Crippen LogP contribution in [0.2, 0.25) is 0 Å². The fourth-order valence-electron chi connectivity index (χ4n) is 2.21. The van der Waals surface area contributed by atoms with Crippen LogP contribution in [0.25, 0.3) is 0 Å². The highest BCUT2D eigenvalue weighted by Gasteiger charge is 2.15. The van der Waals surface area contributed by atoms with Gasteiger partial charge in [0.2, 0.25) is 0 Å². The number of amides is 1. The second-order valence-electron chi connectivity index (χ2n) is 5.00. The normalized spacial score (nSPS) is 14.9. The second kappa shape index (κ2) is 6.65. The van der Waals surface area contributed by atoms with Gasteiger partial charge in [0.05, 0.1) is 0 Å². The van der Waals surface area contributed by atoms with Gasteiger partial charge in [0, 0.05) is 11.6 Å². The second-order valence-corrected chi connectivity index (χ2v) is 5.41. The third kappa shape index (κ3) is 3.90. The summed E-state index contributed by atoms with van der Waals surface area (Å²) in [4.78, 5) is 11.8. The number of carbonyl (C=O) groups excluding carboxylic acids is 1. The molecule has 108 valence electrons. The van der Waals surface area contributed by atoms with E-state index in [1.165, 1.54) is 18.9 Å². The number of halogens is 1. The fourth-order valence-corrected chi connectivity index (χ4v) is 2.43. The highest BCUT2D eigenvalue weighted by Crippen LogP contribution is 2.17. The van der Waals surface area contributed by atoms with Crippen molar-refractivity contribution in [2.45, 2.75) is 38.6 Å². The Kier molecular flexibility index (Phi) is 4.89. The minimum atomic E-state index is -0.417. The number of hydrogen-bond donors (Lipinski definition) is 3. The zero-order valence-electron chi connectivity index (χ0n) is 11.3. The van der Waals surface area contributed by atoms with Crippen LogP contribution in [0.15, 0.2) is 18.2 Å². The topological polar surface area (TPSA) is 53.2 Å². The average molecular weight is 295 g/mol. The van der Waals surface area contributed by atoms with Crippen molar-refractivity contribution in [2.24, 2.45) is 0 Å². The van der Waals surface area contributed by atoms with E-state index in [0.717, 1.165) is 12.8 Å². The Bertz CT molecular complexity index is 515. The van der Waals surface area contributed by atoms with Crippen molar-refractivity contribution in [3.8, 4) is 0 Å². The van der Waals surface area contributed by atoms with Gasteiger partial charge in [-0.3, -0.25) is 15.6 Å². The van der Waals surface area contributed by atoms with Crippen molar-refractivity contribution in [3.05, 3.63) is 35.1 Å². The first-order valence-corrected chi connectivity index (χ1v) is 7.10. The van der Waals surface area contributed by atoms with E-state index in [1.807, 2.05) is 0 Å². The van der Waals surface area contributed by atoms with Gasteiger partial charge in [-0.05, 0) is 49.7 Å². The molecule has 0 aliphatic heterocycles. The number of nitrogens with one attached hydrogen (secondary N) is 3. The van der Waals surface area contributed by atoms with Crippen LogP contribution in [-0.4, -0.2) is 17.1 Å². The molecular weight excluding hydrogens is 277 g/mol. The fraction of sp³-hybridized carbons (Fsp3) is 0.429. The van der Waals surface area contributed by atoms with E-state index in [0.29, 0.717) is 16.7 Å². The van der Waals surface area contributed by atoms with Crippen LogP contribution < -0.4 is 16.2 Å². The molecule has 0 unspecified atom stereocenters. The van der Waals surface area contributed by atoms with Crippen molar-refractivity contribution in [1.82, 2.24) is 16.2 Å². The minimum Gasteiger partial charge on any atom is -0.359 e. The van der Waals surface area contributed by atoms with E-state index >= 15 is 0 Å². The maximum atomic E-state index is 13.4. The van der Waals surface area contributed by atoms with Gasteiger partial charge >= 0.3 is 0 Å². The van der Waals surface area contributed by atoms with Gasteiger partial charge in [0.25, 0.3) is 5.91 Å². The summed E-state index contributed by atoms with van der Waals surface area (Å²) in [5.74, 6) is -0.816. The molecule has 4 nitrogen and oxygen atoms in total. The molecular formula is C14H18FN3OS. The molecule has 0 heterocycles. The Balaban J connectivity index is 1.81. The molecule has 0 spiro atoms. The first-order valence-electron chi connectivity index (χ1n) is 6.69. The maximum Gasteiger partial charge on any atom is 0.269 e. The lowest BCUT2D eigenvalue weighted by Gasteiger charge is -2.16. The molecule has 1 aliphatic rings. The van der Waals surface area contributed by atoms with E-state index in [-0.39, 0.29) is 5.56 Å². The Morgan fingerprint density at radius 1 is 1.30 bits per heavy atom. The molecule has 1 aromatic rings. The number of carbonyl (C=O) groups is 1. The van der Waals surface area contributed by atoms with Crippen molar-refractivity contribution in [1.29, 1.82) is 0 Å². The quantitative estimate of drug-likeness (QED) is 0.578. The lowest BCUT2D eigenvalue weighted by molar-refractivity contribution is 0.0943. The Hall–Kier alpha value is -1.69. The Morgan fingerprint density at radius 3 is 2.65 bits per heavy atom.